The van der Waals surface area contributed by atoms with E-state index in [-0.39, 0.29) is 12.6 Å². The zero-order chi connectivity index (χ0) is 15.2. The van der Waals surface area contributed by atoms with E-state index in [2.05, 4.69) is 21.2 Å². The number of aliphatic hydroxyl groups excluding tert-OH is 1. The lowest BCUT2D eigenvalue weighted by molar-refractivity contribution is 0.272. The fourth-order valence-electron chi connectivity index (χ4n) is 2.08. The van der Waals surface area contributed by atoms with Gasteiger partial charge >= 0.3 is 0 Å². The lowest BCUT2D eigenvalue weighted by Crippen LogP contribution is -2.16. The summed E-state index contributed by atoms with van der Waals surface area (Å²) >= 11 is 3.40. The molecule has 0 amide bonds. The van der Waals surface area contributed by atoms with Crippen LogP contribution in [0, 0.1) is 0 Å². The molecular weight excluding hydrogens is 334 g/mol. The Hall–Kier alpha value is -1.72. The number of rotatable bonds is 6. The molecule has 0 aromatic heterocycles. The molecule has 2 rings (SSSR count). The summed E-state index contributed by atoms with van der Waals surface area (Å²) in [4.78, 5) is 0. The molecule has 1 atom stereocenters. The molecule has 0 saturated carbocycles. The van der Waals surface area contributed by atoms with Crippen LogP contribution in [0.1, 0.15) is 11.6 Å². The van der Waals surface area contributed by atoms with Crippen molar-refractivity contribution in [3.8, 4) is 11.5 Å². The van der Waals surface area contributed by atoms with Gasteiger partial charge in [-0.25, -0.2) is 0 Å². The maximum Gasteiger partial charge on any atom is 0.124 e. The molecule has 0 aliphatic heterocycles. The summed E-state index contributed by atoms with van der Waals surface area (Å²) in [6.45, 7) is -0.0560. The Kier molecular flexibility index (Phi) is 5.47. The SMILES string of the molecule is COc1ccc(OC)c(C(CO)Nc2ccc(Br)cc2)c1. The summed E-state index contributed by atoms with van der Waals surface area (Å²) in [5, 5.41) is 13.0. The molecule has 112 valence electrons. The van der Waals surface area contributed by atoms with Crippen molar-refractivity contribution in [3.63, 3.8) is 0 Å². The predicted molar refractivity (Wildman–Crippen MR) is 87.1 cm³/mol. The number of hydrogen-bond acceptors (Lipinski definition) is 4. The largest absolute Gasteiger partial charge is 0.497 e. The Morgan fingerprint density at radius 3 is 2.38 bits per heavy atom. The molecule has 21 heavy (non-hydrogen) atoms. The van der Waals surface area contributed by atoms with Crippen LogP contribution in [0.5, 0.6) is 11.5 Å². The summed E-state index contributed by atoms with van der Waals surface area (Å²) in [6.07, 6.45) is 0. The third kappa shape index (κ3) is 3.89. The van der Waals surface area contributed by atoms with Crippen LogP contribution in [0.15, 0.2) is 46.9 Å². The molecule has 0 bridgehead atoms. The van der Waals surface area contributed by atoms with Crippen LogP contribution in [-0.2, 0) is 0 Å². The zero-order valence-corrected chi connectivity index (χ0v) is 13.6. The first-order valence-corrected chi connectivity index (χ1v) is 7.32. The van der Waals surface area contributed by atoms with Gasteiger partial charge in [-0.15, -0.1) is 0 Å². The molecule has 0 radical (unpaired) electrons. The highest BCUT2D eigenvalue weighted by molar-refractivity contribution is 9.10. The molecule has 2 aromatic carbocycles. The third-order valence-electron chi connectivity index (χ3n) is 3.18. The summed E-state index contributed by atoms with van der Waals surface area (Å²) < 4.78 is 11.6. The van der Waals surface area contributed by atoms with E-state index >= 15 is 0 Å². The monoisotopic (exact) mass is 351 g/mol. The third-order valence-corrected chi connectivity index (χ3v) is 3.71. The van der Waals surface area contributed by atoms with Crippen molar-refractivity contribution in [2.75, 3.05) is 26.1 Å². The van der Waals surface area contributed by atoms with Crippen molar-refractivity contribution < 1.29 is 14.6 Å². The van der Waals surface area contributed by atoms with Crippen molar-refractivity contribution in [2.45, 2.75) is 6.04 Å². The molecule has 0 aliphatic rings. The van der Waals surface area contributed by atoms with Crippen LogP contribution in [0.4, 0.5) is 5.69 Å². The highest BCUT2D eigenvalue weighted by Crippen LogP contribution is 2.31. The van der Waals surface area contributed by atoms with Crippen molar-refractivity contribution in [1.29, 1.82) is 0 Å². The van der Waals surface area contributed by atoms with E-state index in [1.807, 2.05) is 42.5 Å². The van der Waals surface area contributed by atoms with Crippen molar-refractivity contribution in [3.05, 3.63) is 52.5 Å². The number of halogens is 1. The van der Waals surface area contributed by atoms with Gasteiger partial charge in [-0.3, -0.25) is 0 Å². The van der Waals surface area contributed by atoms with Gasteiger partial charge in [0, 0.05) is 15.7 Å². The maximum atomic E-state index is 9.71. The highest BCUT2D eigenvalue weighted by Gasteiger charge is 2.16. The second kappa shape index (κ2) is 7.33. The number of nitrogens with one attached hydrogen (secondary N) is 1. The minimum absolute atomic E-state index is 0.0560. The molecule has 4 nitrogen and oxygen atoms in total. The average Bonchev–Trinajstić information content (AvgIpc) is 2.53. The molecular formula is C16H18BrNO3. The molecule has 2 N–H and O–H groups in total. The van der Waals surface area contributed by atoms with Gasteiger partial charge in [0.2, 0.25) is 0 Å². The van der Waals surface area contributed by atoms with Crippen LogP contribution in [0.3, 0.4) is 0 Å². The zero-order valence-electron chi connectivity index (χ0n) is 12.0. The minimum Gasteiger partial charge on any atom is -0.497 e. The number of hydrogen-bond donors (Lipinski definition) is 2. The fourth-order valence-corrected chi connectivity index (χ4v) is 2.35. The number of anilines is 1. The fraction of sp³-hybridized carbons (Fsp3) is 0.250. The standard InChI is InChI=1S/C16H18BrNO3/c1-20-13-7-8-16(21-2)14(9-13)15(10-19)18-12-5-3-11(17)4-6-12/h3-9,15,18-19H,10H2,1-2H3. The van der Waals surface area contributed by atoms with E-state index < -0.39 is 0 Å². The normalized spacial score (nSPS) is 11.8. The van der Waals surface area contributed by atoms with E-state index in [9.17, 15) is 5.11 Å². The Labute approximate surface area is 132 Å². The molecule has 0 fully saturated rings. The van der Waals surface area contributed by atoms with Gasteiger partial charge in [0.1, 0.15) is 11.5 Å². The van der Waals surface area contributed by atoms with Crippen LogP contribution in [0.25, 0.3) is 0 Å². The van der Waals surface area contributed by atoms with Crippen molar-refractivity contribution in [1.82, 2.24) is 0 Å². The van der Waals surface area contributed by atoms with E-state index in [1.54, 1.807) is 14.2 Å². The van der Waals surface area contributed by atoms with Gasteiger partial charge in [0.15, 0.2) is 0 Å². The number of benzene rings is 2. The second-order valence-corrected chi connectivity index (χ2v) is 5.41. The topological polar surface area (TPSA) is 50.7 Å². The number of aliphatic hydroxyl groups is 1. The lowest BCUT2D eigenvalue weighted by atomic mass is 10.1. The van der Waals surface area contributed by atoms with Gasteiger partial charge in [-0.1, -0.05) is 15.9 Å². The average molecular weight is 352 g/mol. The van der Waals surface area contributed by atoms with Gasteiger partial charge in [-0.2, -0.15) is 0 Å². The quantitative estimate of drug-likeness (QED) is 0.834. The molecule has 1 unspecified atom stereocenters. The van der Waals surface area contributed by atoms with E-state index in [1.165, 1.54) is 0 Å². The summed E-state index contributed by atoms with van der Waals surface area (Å²) in [6, 6.07) is 13.0. The van der Waals surface area contributed by atoms with Crippen molar-refractivity contribution in [2.24, 2.45) is 0 Å². The van der Waals surface area contributed by atoms with Crippen molar-refractivity contribution >= 4 is 21.6 Å². The van der Waals surface area contributed by atoms with E-state index in [0.717, 1.165) is 21.5 Å². The van der Waals surface area contributed by atoms with Gasteiger partial charge in [0.05, 0.1) is 26.9 Å². The lowest BCUT2D eigenvalue weighted by Gasteiger charge is -2.21. The van der Waals surface area contributed by atoms with Crippen LogP contribution < -0.4 is 14.8 Å². The Morgan fingerprint density at radius 1 is 1.10 bits per heavy atom. The summed E-state index contributed by atoms with van der Waals surface area (Å²) in [7, 11) is 3.22. The summed E-state index contributed by atoms with van der Waals surface area (Å²) in [5.41, 5.74) is 1.77. The maximum absolute atomic E-state index is 9.71. The first-order valence-electron chi connectivity index (χ1n) is 6.52. The van der Waals surface area contributed by atoms with Gasteiger partial charge in [-0.05, 0) is 42.5 Å². The smallest absolute Gasteiger partial charge is 0.124 e. The Bertz CT molecular complexity index is 587. The molecule has 0 heterocycles. The van der Waals surface area contributed by atoms with Crippen LogP contribution >= 0.6 is 15.9 Å². The number of methoxy groups -OCH3 is 2. The van der Waals surface area contributed by atoms with Crippen LogP contribution in [0.2, 0.25) is 0 Å². The van der Waals surface area contributed by atoms with E-state index in [0.29, 0.717) is 5.75 Å². The minimum atomic E-state index is -0.281. The molecule has 5 heteroatoms. The van der Waals surface area contributed by atoms with Gasteiger partial charge < -0.3 is 19.9 Å². The highest BCUT2D eigenvalue weighted by atomic mass is 79.9. The predicted octanol–water partition coefficient (Wildman–Crippen LogP) is 3.61. The Balaban J connectivity index is 2.29. The molecule has 0 saturated heterocycles. The van der Waals surface area contributed by atoms with Gasteiger partial charge in [0.25, 0.3) is 0 Å². The molecule has 2 aromatic rings. The Morgan fingerprint density at radius 2 is 1.81 bits per heavy atom. The molecule has 0 spiro atoms. The first-order chi connectivity index (χ1) is 10.2. The summed E-state index contributed by atoms with van der Waals surface area (Å²) in [5.74, 6) is 1.43. The molecule has 0 aliphatic carbocycles. The van der Waals surface area contributed by atoms with Crippen LogP contribution in [-0.4, -0.2) is 25.9 Å². The number of ether oxygens (including phenoxy) is 2. The van der Waals surface area contributed by atoms with E-state index in [4.69, 9.17) is 9.47 Å². The second-order valence-electron chi connectivity index (χ2n) is 4.49. The first kappa shape index (κ1) is 15.7.